The highest BCUT2D eigenvalue weighted by Gasteiger charge is 2.32. The monoisotopic (exact) mass is 300 g/mol. The second-order valence-corrected chi connectivity index (χ2v) is 7.41. The molecule has 21 heavy (non-hydrogen) atoms. The Bertz CT molecular complexity index is 334. The number of amides is 1. The Labute approximate surface area is 128 Å². The Balaban J connectivity index is 2.64. The van der Waals surface area contributed by atoms with Crippen LogP contribution in [0.3, 0.4) is 0 Å². The van der Waals surface area contributed by atoms with E-state index in [1.54, 1.807) is 0 Å². The van der Waals surface area contributed by atoms with Crippen LogP contribution >= 0.6 is 0 Å². The molecule has 0 aromatic carbocycles. The molecule has 1 rings (SSSR count). The number of aliphatic hydroxyl groups excluding tert-OH is 2. The summed E-state index contributed by atoms with van der Waals surface area (Å²) < 4.78 is 0. The van der Waals surface area contributed by atoms with Gasteiger partial charge >= 0.3 is 0 Å². The molecule has 1 fully saturated rings. The highest BCUT2D eigenvalue weighted by molar-refractivity contribution is 5.81. The molecule has 0 aromatic rings. The van der Waals surface area contributed by atoms with Crippen LogP contribution in [0.1, 0.15) is 34.1 Å². The molecule has 0 saturated carbocycles. The van der Waals surface area contributed by atoms with Gasteiger partial charge in [-0.25, -0.2) is 0 Å². The maximum absolute atomic E-state index is 12.7. The molecule has 1 aliphatic rings. The lowest BCUT2D eigenvalue weighted by Crippen LogP contribution is -2.52. The number of aliphatic hydroxyl groups is 2. The topological polar surface area (TPSA) is 64.0 Å². The number of carbonyl (C=O) groups excluding carboxylic acids is 1. The average Bonchev–Trinajstić information content (AvgIpc) is 2.44. The van der Waals surface area contributed by atoms with Crippen LogP contribution in [0.2, 0.25) is 0 Å². The minimum absolute atomic E-state index is 0.0907. The Kier molecular flexibility index (Phi) is 6.63. The molecule has 1 heterocycles. The minimum Gasteiger partial charge on any atom is -0.396 e. The fourth-order valence-electron chi connectivity index (χ4n) is 3.18. The number of likely N-dealkylation sites (N-methyl/N-ethyl adjacent to an activating group) is 1. The SMILES string of the molecule is CC1CC(C)CN(C(=O)C(C)N(C)CC(C)(CO)CO)C1. The summed E-state index contributed by atoms with van der Waals surface area (Å²) in [6.07, 6.45) is 1.18. The average molecular weight is 300 g/mol. The number of rotatable bonds is 6. The summed E-state index contributed by atoms with van der Waals surface area (Å²) in [6, 6.07) is -0.236. The summed E-state index contributed by atoms with van der Waals surface area (Å²) in [6.45, 7) is 10.1. The van der Waals surface area contributed by atoms with Crippen molar-refractivity contribution in [2.45, 2.75) is 40.2 Å². The van der Waals surface area contributed by atoms with E-state index in [9.17, 15) is 15.0 Å². The van der Waals surface area contributed by atoms with Crippen LogP contribution in [0.15, 0.2) is 0 Å². The van der Waals surface area contributed by atoms with Crippen LogP contribution in [-0.4, -0.2) is 71.9 Å². The highest BCUT2D eigenvalue weighted by Crippen LogP contribution is 2.23. The van der Waals surface area contributed by atoms with Crippen LogP contribution in [0.5, 0.6) is 0 Å². The van der Waals surface area contributed by atoms with Gasteiger partial charge in [-0.2, -0.15) is 0 Å². The molecule has 0 spiro atoms. The molecular formula is C16H32N2O3. The predicted molar refractivity (Wildman–Crippen MR) is 83.9 cm³/mol. The van der Waals surface area contributed by atoms with Crippen LogP contribution in [0.25, 0.3) is 0 Å². The number of nitrogens with zero attached hydrogens (tertiary/aromatic N) is 2. The first-order valence-electron chi connectivity index (χ1n) is 7.93. The molecule has 0 radical (unpaired) electrons. The van der Waals surface area contributed by atoms with Crippen molar-refractivity contribution >= 4 is 5.91 Å². The maximum atomic E-state index is 12.7. The van der Waals surface area contributed by atoms with Crippen molar-refractivity contribution in [2.24, 2.45) is 17.3 Å². The smallest absolute Gasteiger partial charge is 0.239 e. The molecule has 1 aliphatic heterocycles. The summed E-state index contributed by atoms with van der Waals surface area (Å²) in [5, 5.41) is 18.8. The molecule has 0 bridgehead atoms. The van der Waals surface area contributed by atoms with E-state index in [0.717, 1.165) is 13.1 Å². The molecule has 0 aromatic heterocycles. The van der Waals surface area contributed by atoms with Gasteiger partial charge in [-0.1, -0.05) is 20.8 Å². The summed E-state index contributed by atoms with van der Waals surface area (Å²) in [7, 11) is 1.88. The van der Waals surface area contributed by atoms with Crippen LogP contribution in [-0.2, 0) is 4.79 Å². The predicted octanol–water partition coefficient (Wildman–Crippen LogP) is 0.802. The summed E-state index contributed by atoms with van der Waals surface area (Å²) in [4.78, 5) is 16.5. The summed E-state index contributed by atoms with van der Waals surface area (Å²) in [5.41, 5.74) is -0.578. The lowest BCUT2D eigenvalue weighted by atomic mass is 9.90. The first kappa shape index (κ1) is 18.4. The lowest BCUT2D eigenvalue weighted by Gasteiger charge is -2.39. The molecule has 124 valence electrons. The zero-order chi connectivity index (χ0) is 16.2. The number of likely N-dealkylation sites (tertiary alicyclic amines) is 1. The van der Waals surface area contributed by atoms with Gasteiger partial charge in [-0.3, -0.25) is 9.69 Å². The molecule has 3 atom stereocenters. The Morgan fingerprint density at radius 3 is 2.19 bits per heavy atom. The van der Waals surface area contributed by atoms with E-state index >= 15 is 0 Å². The van der Waals surface area contributed by atoms with E-state index in [1.165, 1.54) is 6.42 Å². The van der Waals surface area contributed by atoms with Gasteiger partial charge in [0.25, 0.3) is 0 Å². The largest absolute Gasteiger partial charge is 0.396 e. The minimum atomic E-state index is -0.578. The van der Waals surface area contributed by atoms with E-state index in [0.29, 0.717) is 18.4 Å². The normalized spacial score (nSPS) is 25.2. The molecule has 1 amide bonds. The first-order chi connectivity index (χ1) is 9.72. The number of hydrogen-bond donors (Lipinski definition) is 2. The third kappa shape index (κ3) is 4.94. The van der Waals surface area contributed by atoms with Gasteiger partial charge in [0.2, 0.25) is 5.91 Å². The zero-order valence-electron chi connectivity index (χ0n) is 14.2. The molecule has 3 unspecified atom stereocenters. The van der Waals surface area contributed by atoms with Crippen LogP contribution < -0.4 is 0 Å². The second-order valence-electron chi connectivity index (χ2n) is 7.41. The first-order valence-corrected chi connectivity index (χ1v) is 7.93. The zero-order valence-corrected chi connectivity index (χ0v) is 14.2. The molecular weight excluding hydrogens is 268 g/mol. The van der Waals surface area contributed by atoms with E-state index in [4.69, 9.17) is 0 Å². The molecule has 0 aliphatic carbocycles. The van der Waals surface area contributed by atoms with Crippen molar-refractivity contribution < 1.29 is 15.0 Å². The number of piperidine rings is 1. The van der Waals surface area contributed by atoms with Gasteiger partial charge in [-0.05, 0) is 32.2 Å². The number of hydrogen-bond acceptors (Lipinski definition) is 4. The third-order valence-corrected chi connectivity index (χ3v) is 4.59. The fraction of sp³-hybridized carbons (Fsp3) is 0.938. The Hall–Kier alpha value is -0.650. The van der Waals surface area contributed by atoms with Gasteiger partial charge in [-0.15, -0.1) is 0 Å². The van der Waals surface area contributed by atoms with Crippen LogP contribution in [0.4, 0.5) is 0 Å². The summed E-state index contributed by atoms with van der Waals surface area (Å²) >= 11 is 0. The Morgan fingerprint density at radius 2 is 1.76 bits per heavy atom. The molecule has 1 saturated heterocycles. The Morgan fingerprint density at radius 1 is 1.29 bits per heavy atom. The number of carbonyl (C=O) groups is 1. The highest BCUT2D eigenvalue weighted by atomic mass is 16.3. The van der Waals surface area contributed by atoms with Gasteiger partial charge < -0.3 is 15.1 Å². The quantitative estimate of drug-likeness (QED) is 0.762. The van der Waals surface area contributed by atoms with E-state index in [2.05, 4.69) is 13.8 Å². The van der Waals surface area contributed by atoms with Crippen molar-refractivity contribution in [1.29, 1.82) is 0 Å². The van der Waals surface area contributed by atoms with Crippen LogP contribution in [0, 0.1) is 17.3 Å². The van der Waals surface area contributed by atoms with Crippen molar-refractivity contribution in [1.82, 2.24) is 9.80 Å². The van der Waals surface area contributed by atoms with E-state index in [1.807, 2.05) is 30.7 Å². The van der Waals surface area contributed by atoms with Gasteiger partial charge in [0.05, 0.1) is 19.3 Å². The van der Waals surface area contributed by atoms with Crippen molar-refractivity contribution in [3.63, 3.8) is 0 Å². The van der Waals surface area contributed by atoms with Crippen molar-refractivity contribution in [3.8, 4) is 0 Å². The van der Waals surface area contributed by atoms with E-state index < -0.39 is 5.41 Å². The summed E-state index contributed by atoms with van der Waals surface area (Å²) in [5.74, 6) is 1.25. The second kappa shape index (κ2) is 7.56. The third-order valence-electron chi connectivity index (χ3n) is 4.59. The van der Waals surface area contributed by atoms with E-state index in [-0.39, 0.29) is 25.2 Å². The van der Waals surface area contributed by atoms with Gasteiger partial charge in [0.1, 0.15) is 0 Å². The lowest BCUT2D eigenvalue weighted by molar-refractivity contribution is -0.139. The van der Waals surface area contributed by atoms with Gasteiger partial charge in [0.15, 0.2) is 0 Å². The molecule has 5 heteroatoms. The van der Waals surface area contributed by atoms with Gasteiger partial charge in [0, 0.05) is 25.0 Å². The molecule has 5 nitrogen and oxygen atoms in total. The fourth-order valence-corrected chi connectivity index (χ4v) is 3.18. The van der Waals surface area contributed by atoms with Crippen molar-refractivity contribution in [3.05, 3.63) is 0 Å². The van der Waals surface area contributed by atoms with Crippen molar-refractivity contribution in [2.75, 3.05) is 39.9 Å². The standard InChI is InChI=1S/C16H32N2O3/c1-12-6-13(2)8-18(7-12)15(21)14(3)17(5)9-16(4,10-19)11-20/h12-14,19-20H,6-11H2,1-5H3. The molecule has 2 N–H and O–H groups in total. The maximum Gasteiger partial charge on any atom is 0.239 e.